The van der Waals surface area contributed by atoms with Crippen LogP contribution in [-0.2, 0) is 17.7 Å². The molecule has 0 aliphatic carbocycles. The summed E-state index contributed by atoms with van der Waals surface area (Å²) in [6, 6.07) is 5.74. The lowest BCUT2D eigenvalue weighted by Crippen LogP contribution is -2.36. The van der Waals surface area contributed by atoms with E-state index in [2.05, 4.69) is 0 Å². The van der Waals surface area contributed by atoms with Gasteiger partial charge in [0.1, 0.15) is 5.60 Å². The zero-order chi connectivity index (χ0) is 15.6. The lowest BCUT2D eigenvalue weighted by Gasteiger charge is -2.26. The highest BCUT2D eigenvalue weighted by atomic mass is 16.6. The molecule has 0 aromatic heterocycles. The second kappa shape index (κ2) is 5.88. The number of amides is 1. The maximum atomic E-state index is 12.2. The van der Waals surface area contributed by atoms with E-state index in [0.717, 1.165) is 29.5 Å². The highest BCUT2D eigenvalue weighted by Gasteiger charge is 2.24. The molecule has 0 unspecified atom stereocenters. The summed E-state index contributed by atoms with van der Waals surface area (Å²) >= 11 is 0. The summed E-state index contributed by atoms with van der Waals surface area (Å²) < 4.78 is 5.44. The van der Waals surface area contributed by atoms with Crippen molar-refractivity contribution in [2.75, 3.05) is 6.54 Å². The van der Waals surface area contributed by atoms with Crippen LogP contribution in [0.2, 0.25) is 0 Å². The fourth-order valence-corrected chi connectivity index (χ4v) is 2.46. The van der Waals surface area contributed by atoms with E-state index in [1.165, 1.54) is 0 Å². The van der Waals surface area contributed by atoms with Crippen molar-refractivity contribution in [3.05, 3.63) is 34.9 Å². The van der Waals surface area contributed by atoms with Crippen LogP contribution < -0.4 is 0 Å². The molecule has 0 radical (unpaired) electrons. The van der Waals surface area contributed by atoms with Crippen LogP contribution in [0.25, 0.3) is 0 Å². The lowest BCUT2D eigenvalue weighted by molar-refractivity contribution is 0.0236. The Hall–Kier alpha value is -1.84. The van der Waals surface area contributed by atoms with E-state index >= 15 is 0 Å². The van der Waals surface area contributed by atoms with Crippen LogP contribution in [0.5, 0.6) is 0 Å². The Kier molecular flexibility index (Phi) is 4.35. The molecular weight excluding hydrogens is 266 g/mol. The molecule has 4 heteroatoms. The number of fused-ring (bicyclic) bond motifs is 1. The molecule has 0 atom stereocenters. The number of benzene rings is 1. The fourth-order valence-electron chi connectivity index (χ4n) is 2.46. The van der Waals surface area contributed by atoms with Crippen molar-refractivity contribution in [2.24, 2.45) is 0 Å². The summed E-state index contributed by atoms with van der Waals surface area (Å²) in [7, 11) is 0. The number of carbonyl (C=O) groups excluding carboxylic acids is 2. The van der Waals surface area contributed by atoms with Crippen molar-refractivity contribution in [1.29, 1.82) is 0 Å². The maximum Gasteiger partial charge on any atom is 0.410 e. The molecule has 1 heterocycles. The molecule has 1 aliphatic heterocycles. The predicted molar refractivity (Wildman–Crippen MR) is 81.4 cm³/mol. The number of carbonyl (C=O) groups is 2. The molecule has 1 aromatic carbocycles. The number of ether oxygens (including phenoxy) is 1. The van der Waals surface area contributed by atoms with Gasteiger partial charge in [-0.15, -0.1) is 0 Å². The number of hydrogen-bond donors (Lipinski definition) is 0. The average Bonchev–Trinajstić information content (AvgIpc) is 2.57. The molecule has 0 spiro atoms. The second-order valence-corrected chi connectivity index (χ2v) is 6.55. The van der Waals surface area contributed by atoms with E-state index in [0.29, 0.717) is 13.1 Å². The molecule has 21 heavy (non-hydrogen) atoms. The molecule has 0 fully saturated rings. The normalized spacial score (nSPS) is 15.1. The molecule has 0 N–H and O–H groups in total. The number of Topliss-reactive ketones (excluding diaryl/α,β-unsaturated/α-hetero) is 1. The first-order valence-corrected chi connectivity index (χ1v) is 7.37. The molecule has 4 nitrogen and oxygen atoms in total. The van der Waals surface area contributed by atoms with Crippen molar-refractivity contribution >= 4 is 11.9 Å². The van der Waals surface area contributed by atoms with Gasteiger partial charge in [0, 0.05) is 18.7 Å². The number of hydrogen-bond acceptors (Lipinski definition) is 3. The zero-order valence-electron chi connectivity index (χ0n) is 13.2. The average molecular weight is 289 g/mol. The Labute approximate surface area is 126 Å². The van der Waals surface area contributed by atoms with Crippen LogP contribution in [0, 0.1) is 0 Å². The van der Waals surface area contributed by atoms with Gasteiger partial charge in [0.2, 0.25) is 0 Å². The van der Waals surface area contributed by atoms with Crippen LogP contribution in [0.3, 0.4) is 0 Å². The van der Waals surface area contributed by atoms with Crippen molar-refractivity contribution < 1.29 is 14.3 Å². The molecule has 0 saturated heterocycles. The molecule has 1 aliphatic rings. The molecule has 1 aromatic rings. The van der Waals surface area contributed by atoms with E-state index in [1.807, 2.05) is 39.0 Å². The summed E-state index contributed by atoms with van der Waals surface area (Å²) in [4.78, 5) is 25.4. The third kappa shape index (κ3) is 4.06. The van der Waals surface area contributed by atoms with Crippen LogP contribution >= 0.6 is 0 Å². The standard InChI is InChI=1S/C17H23NO3/c1-12(19)13-7-8-15-11-18(9-5-6-14(15)10-13)16(20)21-17(2,3)4/h7-8,10H,5-6,9,11H2,1-4H3. The van der Waals surface area contributed by atoms with Gasteiger partial charge in [-0.1, -0.05) is 12.1 Å². The monoisotopic (exact) mass is 289 g/mol. The number of rotatable bonds is 1. The first kappa shape index (κ1) is 15.5. The van der Waals surface area contributed by atoms with E-state index in [4.69, 9.17) is 4.74 Å². The molecule has 0 saturated carbocycles. The minimum absolute atomic E-state index is 0.0750. The van der Waals surface area contributed by atoms with E-state index in [9.17, 15) is 9.59 Å². The lowest BCUT2D eigenvalue weighted by atomic mass is 9.99. The number of nitrogens with zero attached hydrogens (tertiary/aromatic N) is 1. The van der Waals surface area contributed by atoms with Gasteiger partial charge in [-0.05, 0) is 57.7 Å². The fraction of sp³-hybridized carbons (Fsp3) is 0.529. The van der Waals surface area contributed by atoms with Gasteiger partial charge < -0.3 is 9.64 Å². The Bertz CT molecular complexity index is 558. The third-order valence-electron chi connectivity index (χ3n) is 3.50. The Morgan fingerprint density at radius 2 is 1.90 bits per heavy atom. The molecular formula is C17H23NO3. The molecule has 1 amide bonds. The van der Waals surface area contributed by atoms with Crippen molar-refractivity contribution in [3.8, 4) is 0 Å². The van der Waals surface area contributed by atoms with Crippen LogP contribution in [0.1, 0.15) is 55.6 Å². The zero-order valence-corrected chi connectivity index (χ0v) is 13.2. The first-order chi connectivity index (χ1) is 9.76. The smallest absolute Gasteiger partial charge is 0.410 e. The van der Waals surface area contributed by atoms with Gasteiger partial charge in [0.15, 0.2) is 5.78 Å². The molecule has 114 valence electrons. The van der Waals surface area contributed by atoms with Crippen molar-refractivity contribution in [1.82, 2.24) is 4.90 Å². The highest BCUT2D eigenvalue weighted by molar-refractivity contribution is 5.94. The summed E-state index contributed by atoms with van der Waals surface area (Å²) in [6.07, 6.45) is 1.49. The Morgan fingerprint density at radius 1 is 1.19 bits per heavy atom. The molecule has 0 bridgehead atoms. The van der Waals surface area contributed by atoms with Gasteiger partial charge in [0.05, 0.1) is 0 Å². The largest absolute Gasteiger partial charge is 0.444 e. The first-order valence-electron chi connectivity index (χ1n) is 7.37. The number of ketones is 1. The highest BCUT2D eigenvalue weighted by Crippen LogP contribution is 2.22. The van der Waals surface area contributed by atoms with Crippen molar-refractivity contribution in [2.45, 2.75) is 52.7 Å². The van der Waals surface area contributed by atoms with Crippen molar-refractivity contribution in [3.63, 3.8) is 0 Å². The van der Waals surface area contributed by atoms with Gasteiger partial charge in [-0.2, -0.15) is 0 Å². The summed E-state index contributed by atoms with van der Waals surface area (Å²) in [5.74, 6) is 0.0750. The van der Waals surface area contributed by atoms with E-state index in [1.54, 1.807) is 11.8 Å². The minimum atomic E-state index is -0.481. The van der Waals surface area contributed by atoms with Gasteiger partial charge in [0.25, 0.3) is 0 Å². The minimum Gasteiger partial charge on any atom is -0.444 e. The van der Waals surface area contributed by atoms with Crippen LogP contribution in [0.4, 0.5) is 4.79 Å². The predicted octanol–water partition coefficient (Wildman–Crippen LogP) is 3.57. The third-order valence-corrected chi connectivity index (χ3v) is 3.50. The Morgan fingerprint density at radius 3 is 2.52 bits per heavy atom. The van der Waals surface area contributed by atoms with Gasteiger partial charge in [-0.25, -0.2) is 4.79 Å². The number of aryl methyl sites for hydroxylation is 1. The maximum absolute atomic E-state index is 12.2. The Balaban J connectivity index is 2.18. The molecule has 2 rings (SSSR count). The summed E-state index contributed by atoms with van der Waals surface area (Å²) in [5.41, 5.74) is 2.52. The van der Waals surface area contributed by atoms with Crippen LogP contribution in [0.15, 0.2) is 18.2 Å². The topological polar surface area (TPSA) is 46.6 Å². The summed E-state index contributed by atoms with van der Waals surface area (Å²) in [5, 5.41) is 0. The van der Waals surface area contributed by atoms with E-state index in [-0.39, 0.29) is 11.9 Å². The second-order valence-electron chi connectivity index (χ2n) is 6.55. The SMILES string of the molecule is CC(=O)c1ccc2c(c1)CCCN(C(=O)OC(C)(C)C)C2. The van der Waals surface area contributed by atoms with Gasteiger partial charge in [-0.3, -0.25) is 4.79 Å². The van der Waals surface area contributed by atoms with Gasteiger partial charge >= 0.3 is 6.09 Å². The van der Waals surface area contributed by atoms with E-state index < -0.39 is 5.60 Å². The quantitative estimate of drug-likeness (QED) is 0.742. The van der Waals surface area contributed by atoms with Crippen LogP contribution in [-0.4, -0.2) is 28.9 Å². The summed E-state index contributed by atoms with van der Waals surface area (Å²) in [6.45, 7) is 8.41.